The van der Waals surface area contributed by atoms with Gasteiger partial charge in [-0.15, -0.1) is 0 Å². The van der Waals surface area contributed by atoms with E-state index in [1.807, 2.05) is 6.07 Å². The molecule has 2 nitrogen and oxygen atoms in total. The van der Waals surface area contributed by atoms with Gasteiger partial charge in [-0.05, 0) is 6.92 Å². The zero-order valence-electron chi connectivity index (χ0n) is 3.81. The van der Waals surface area contributed by atoms with E-state index in [4.69, 9.17) is 11.0 Å². The molecule has 6 heavy (non-hydrogen) atoms. The van der Waals surface area contributed by atoms with Gasteiger partial charge in [0, 0.05) is 6.54 Å². The van der Waals surface area contributed by atoms with Gasteiger partial charge in [0.05, 0.1) is 12.0 Å². The lowest BCUT2D eigenvalue weighted by Crippen LogP contribution is -2.07. The van der Waals surface area contributed by atoms with Gasteiger partial charge < -0.3 is 5.73 Å². The van der Waals surface area contributed by atoms with E-state index in [-0.39, 0.29) is 5.92 Å². The van der Waals surface area contributed by atoms with Crippen LogP contribution in [-0.4, -0.2) is 6.54 Å². The summed E-state index contributed by atoms with van der Waals surface area (Å²) < 4.78 is 0. The van der Waals surface area contributed by atoms with Crippen LogP contribution in [0.4, 0.5) is 0 Å². The molecule has 0 fully saturated rings. The molecule has 2 heteroatoms. The van der Waals surface area contributed by atoms with E-state index in [9.17, 15) is 0 Å². The highest BCUT2D eigenvalue weighted by atomic mass is 14.5. The first-order valence-electron chi connectivity index (χ1n) is 1.91. The Labute approximate surface area is 37.6 Å². The van der Waals surface area contributed by atoms with E-state index in [2.05, 4.69) is 0 Å². The van der Waals surface area contributed by atoms with Gasteiger partial charge in [-0.25, -0.2) is 0 Å². The summed E-state index contributed by atoms with van der Waals surface area (Å²) in [6, 6.07) is 1.99. The molecule has 0 bridgehead atoms. The van der Waals surface area contributed by atoms with E-state index < -0.39 is 0 Å². The molecule has 0 amide bonds. The number of rotatable bonds is 1. The summed E-state index contributed by atoms with van der Waals surface area (Å²) in [5, 5.41) is 8.00. The number of nitriles is 1. The van der Waals surface area contributed by atoms with E-state index >= 15 is 0 Å². The third kappa shape index (κ3) is 1.74. The molecule has 0 heterocycles. The van der Waals surface area contributed by atoms with E-state index in [0.29, 0.717) is 6.54 Å². The maximum atomic E-state index is 8.00. The van der Waals surface area contributed by atoms with Crippen LogP contribution in [0.15, 0.2) is 0 Å². The fraction of sp³-hybridized carbons (Fsp3) is 0.750. The van der Waals surface area contributed by atoms with Gasteiger partial charge in [-0.1, -0.05) is 0 Å². The van der Waals surface area contributed by atoms with Crippen molar-refractivity contribution in [1.29, 1.82) is 5.26 Å². The number of nitrogens with two attached hydrogens (primary N) is 1. The lowest BCUT2D eigenvalue weighted by Gasteiger charge is -1.87. The van der Waals surface area contributed by atoms with Crippen LogP contribution in [0, 0.1) is 17.2 Å². The van der Waals surface area contributed by atoms with E-state index in [1.165, 1.54) is 0 Å². The number of hydrogen-bond acceptors (Lipinski definition) is 2. The SMILES string of the molecule is CC(C#N)CN. The quantitative estimate of drug-likeness (QED) is 0.490. The average Bonchev–Trinajstić information content (AvgIpc) is 1.65. The largest absolute Gasteiger partial charge is 0.329 e. The van der Waals surface area contributed by atoms with Crippen LogP contribution in [0.3, 0.4) is 0 Å². The minimum Gasteiger partial charge on any atom is -0.329 e. The molecule has 0 aliphatic heterocycles. The molecule has 0 saturated heterocycles. The number of hydrogen-bond donors (Lipinski definition) is 1. The van der Waals surface area contributed by atoms with Gasteiger partial charge in [0.1, 0.15) is 0 Å². The second-order valence-electron chi connectivity index (χ2n) is 1.27. The van der Waals surface area contributed by atoms with Crippen molar-refractivity contribution in [3.63, 3.8) is 0 Å². The molecule has 0 radical (unpaired) electrons. The fourth-order valence-corrected chi connectivity index (χ4v) is 0.0527. The Balaban J connectivity index is 3.04. The van der Waals surface area contributed by atoms with Crippen molar-refractivity contribution in [3.05, 3.63) is 0 Å². The molecule has 2 N–H and O–H groups in total. The standard InChI is InChI=1S/C4H8N2/c1-4(2-5)3-6/h4H,2,5H2,1H3. The first-order chi connectivity index (χ1) is 2.81. The van der Waals surface area contributed by atoms with Crippen LogP contribution in [-0.2, 0) is 0 Å². The molecule has 0 aromatic carbocycles. The van der Waals surface area contributed by atoms with Gasteiger partial charge in [-0.3, -0.25) is 0 Å². The van der Waals surface area contributed by atoms with Crippen LogP contribution in [0.5, 0.6) is 0 Å². The first kappa shape index (κ1) is 5.45. The summed E-state index contributed by atoms with van der Waals surface area (Å²) in [5.74, 6) is 0.0185. The van der Waals surface area contributed by atoms with Crippen LogP contribution in [0.2, 0.25) is 0 Å². The zero-order chi connectivity index (χ0) is 4.99. The highest BCUT2D eigenvalue weighted by Crippen LogP contribution is 1.82. The lowest BCUT2D eigenvalue weighted by atomic mass is 10.2. The Morgan fingerprint density at radius 2 is 2.50 bits per heavy atom. The predicted molar refractivity (Wildman–Crippen MR) is 23.8 cm³/mol. The van der Waals surface area contributed by atoms with Crippen molar-refractivity contribution >= 4 is 0 Å². The fourth-order valence-electron chi connectivity index (χ4n) is 0.0527. The molecule has 0 aliphatic rings. The Kier molecular flexibility index (Phi) is 2.43. The molecule has 0 aromatic rings. The summed E-state index contributed by atoms with van der Waals surface area (Å²) in [6.45, 7) is 2.26. The predicted octanol–water partition coefficient (Wildman–Crippen LogP) is 0.105. The number of nitrogens with zero attached hydrogens (tertiary/aromatic N) is 1. The van der Waals surface area contributed by atoms with Gasteiger partial charge in [-0.2, -0.15) is 5.26 Å². The molecular weight excluding hydrogens is 76.1 g/mol. The molecule has 0 saturated carbocycles. The molecule has 34 valence electrons. The third-order valence-corrected chi connectivity index (χ3v) is 0.574. The molecule has 0 rings (SSSR count). The minimum atomic E-state index is 0.0185. The van der Waals surface area contributed by atoms with Crippen molar-refractivity contribution in [2.24, 2.45) is 11.7 Å². The van der Waals surface area contributed by atoms with Crippen LogP contribution in [0.25, 0.3) is 0 Å². The summed E-state index contributed by atoms with van der Waals surface area (Å²) in [4.78, 5) is 0. The topological polar surface area (TPSA) is 49.8 Å². The first-order valence-corrected chi connectivity index (χ1v) is 1.91. The van der Waals surface area contributed by atoms with Crippen molar-refractivity contribution in [2.75, 3.05) is 6.54 Å². The zero-order valence-corrected chi connectivity index (χ0v) is 3.81. The molecule has 1 unspecified atom stereocenters. The normalized spacial score (nSPS) is 12.8. The van der Waals surface area contributed by atoms with Crippen LogP contribution < -0.4 is 5.73 Å². The average molecular weight is 84.1 g/mol. The maximum Gasteiger partial charge on any atom is 0.0666 e. The summed E-state index contributed by atoms with van der Waals surface area (Å²) in [7, 11) is 0. The van der Waals surface area contributed by atoms with Crippen molar-refractivity contribution < 1.29 is 0 Å². The molecule has 0 spiro atoms. The second kappa shape index (κ2) is 2.67. The highest BCUT2D eigenvalue weighted by Gasteiger charge is 1.88. The van der Waals surface area contributed by atoms with E-state index in [0.717, 1.165) is 0 Å². The van der Waals surface area contributed by atoms with Gasteiger partial charge in [0.2, 0.25) is 0 Å². The minimum absolute atomic E-state index is 0.0185. The Morgan fingerprint density at radius 3 is 2.50 bits per heavy atom. The van der Waals surface area contributed by atoms with Gasteiger partial charge >= 0.3 is 0 Å². The highest BCUT2D eigenvalue weighted by molar-refractivity contribution is 4.78. The van der Waals surface area contributed by atoms with Gasteiger partial charge in [0.25, 0.3) is 0 Å². The van der Waals surface area contributed by atoms with E-state index in [1.54, 1.807) is 6.92 Å². The second-order valence-corrected chi connectivity index (χ2v) is 1.27. The van der Waals surface area contributed by atoms with Crippen molar-refractivity contribution in [3.8, 4) is 6.07 Å². The van der Waals surface area contributed by atoms with Crippen LogP contribution in [0.1, 0.15) is 6.92 Å². The molecular formula is C4H8N2. The van der Waals surface area contributed by atoms with Crippen LogP contribution >= 0.6 is 0 Å². The smallest absolute Gasteiger partial charge is 0.0666 e. The monoisotopic (exact) mass is 84.1 g/mol. The molecule has 0 aliphatic carbocycles. The summed E-state index contributed by atoms with van der Waals surface area (Å²) in [5.41, 5.74) is 5.06. The van der Waals surface area contributed by atoms with Crippen molar-refractivity contribution in [1.82, 2.24) is 0 Å². The van der Waals surface area contributed by atoms with Gasteiger partial charge in [0.15, 0.2) is 0 Å². The Hall–Kier alpha value is -0.550. The Bertz CT molecular complexity index is 62.4. The molecule has 0 aromatic heterocycles. The summed E-state index contributed by atoms with van der Waals surface area (Å²) in [6.07, 6.45) is 0. The Morgan fingerprint density at radius 1 is 2.00 bits per heavy atom. The maximum absolute atomic E-state index is 8.00. The summed E-state index contributed by atoms with van der Waals surface area (Å²) >= 11 is 0. The molecule has 1 atom stereocenters. The third-order valence-electron chi connectivity index (χ3n) is 0.574. The van der Waals surface area contributed by atoms with Crippen molar-refractivity contribution in [2.45, 2.75) is 6.92 Å². The lowest BCUT2D eigenvalue weighted by molar-refractivity contribution is 0.755.